The molecule has 0 amide bonds. The van der Waals surface area contributed by atoms with E-state index in [2.05, 4.69) is 26.5 Å². The van der Waals surface area contributed by atoms with Gasteiger partial charge in [-0.3, -0.25) is 0 Å². The van der Waals surface area contributed by atoms with Gasteiger partial charge in [0.15, 0.2) is 11.5 Å². The quantitative estimate of drug-likeness (QED) is 0.297. The summed E-state index contributed by atoms with van der Waals surface area (Å²) in [6.07, 6.45) is 1.74. The molecule has 0 aliphatic heterocycles. The molecule has 0 unspecified atom stereocenters. The predicted octanol–water partition coefficient (Wildman–Crippen LogP) is 6.20. The average molecular weight is 474 g/mol. The molecule has 0 saturated heterocycles. The molecule has 4 nitrogen and oxygen atoms in total. The first-order valence-electron chi connectivity index (χ1n) is 9.29. The van der Waals surface area contributed by atoms with Crippen molar-refractivity contribution in [3.05, 3.63) is 92.9 Å². The van der Waals surface area contributed by atoms with Crippen molar-refractivity contribution >= 4 is 33.7 Å². The monoisotopic (exact) mass is 472 g/mol. The third kappa shape index (κ3) is 6.24. The lowest BCUT2D eigenvalue weighted by Crippen LogP contribution is -2.06. The zero-order valence-corrected chi connectivity index (χ0v) is 18.4. The maximum absolute atomic E-state index is 6.16. The van der Waals surface area contributed by atoms with E-state index >= 15 is 0 Å². The van der Waals surface area contributed by atoms with Crippen molar-refractivity contribution in [2.45, 2.75) is 20.1 Å². The zero-order valence-electron chi connectivity index (χ0n) is 16.1. The highest BCUT2D eigenvalue weighted by molar-refractivity contribution is 9.10. The second-order valence-corrected chi connectivity index (χ2v) is 7.48. The van der Waals surface area contributed by atoms with Crippen LogP contribution in [0.5, 0.6) is 11.5 Å². The fraction of sp³-hybridized carbons (Fsp3) is 0.174. The van der Waals surface area contributed by atoms with Gasteiger partial charge < -0.3 is 14.9 Å². The molecule has 6 heteroatoms. The van der Waals surface area contributed by atoms with Crippen molar-refractivity contribution in [2.24, 2.45) is 5.10 Å². The van der Waals surface area contributed by atoms with Crippen molar-refractivity contribution in [3.63, 3.8) is 0 Å². The van der Waals surface area contributed by atoms with Crippen LogP contribution in [0.25, 0.3) is 0 Å². The Hall–Kier alpha value is -2.50. The molecule has 0 aliphatic rings. The summed E-state index contributed by atoms with van der Waals surface area (Å²) in [5.41, 5.74) is 6.00. The minimum absolute atomic E-state index is 0.465. The number of halogens is 2. The molecule has 0 bridgehead atoms. The molecule has 0 spiro atoms. The summed E-state index contributed by atoms with van der Waals surface area (Å²) < 4.78 is 12.6. The Morgan fingerprint density at radius 2 is 1.79 bits per heavy atom. The summed E-state index contributed by atoms with van der Waals surface area (Å²) in [5, 5.41) is 5.01. The van der Waals surface area contributed by atoms with Crippen LogP contribution in [0.2, 0.25) is 5.02 Å². The number of hydrazone groups is 1. The fourth-order valence-corrected chi connectivity index (χ4v) is 3.46. The highest BCUT2D eigenvalue weighted by Crippen LogP contribution is 2.37. The SMILES string of the molecule is CCOc1cc(/C=N\NCc2ccccc2Cl)cc(Br)c1OCc1ccccc1. The average Bonchev–Trinajstić information content (AvgIpc) is 2.73. The molecule has 0 saturated carbocycles. The summed E-state index contributed by atoms with van der Waals surface area (Å²) in [6.45, 7) is 3.50. The summed E-state index contributed by atoms with van der Waals surface area (Å²) in [4.78, 5) is 0. The molecule has 0 heterocycles. The van der Waals surface area contributed by atoms with E-state index in [1.54, 1.807) is 6.21 Å². The zero-order chi connectivity index (χ0) is 20.5. The van der Waals surface area contributed by atoms with E-state index in [1.807, 2.05) is 73.7 Å². The van der Waals surface area contributed by atoms with Gasteiger partial charge in [0.25, 0.3) is 0 Å². The van der Waals surface area contributed by atoms with Gasteiger partial charge in [-0.1, -0.05) is 60.1 Å². The second kappa shape index (κ2) is 10.9. The molecule has 0 fully saturated rings. The number of nitrogens with one attached hydrogen (secondary N) is 1. The van der Waals surface area contributed by atoms with Crippen LogP contribution in [-0.2, 0) is 13.2 Å². The van der Waals surface area contributed by atoms with Crippen LogP contribution < -0.4 is 14.9 Å². The van der Waals surface area contributed by atoms with E-state index in [-0.39, 0.29) is 0 Å². The van der Waals surface area contributed by atoms with Crippen LogP contribution in [-0.4, -0.2) is 12.8 Å². The van der Waals surface area contributed by atoms with Gasteiger partial charge in [-0.15, -0.1) is 0 Å². The van der Waals surface area contributed by atoms with Gasteiger partial charge >= 0.3 is 0 Å². The minimum atomic E-state index is 0.465. The molecular formula is C23H22BrClN2O2. The van der Waals surface area contributed by atoms with E-state index in [9.17, 15) is 0 Å². The smallest absolute Gasteiger partial charge is 0.175 e. The van der Waals surface area contributed by atoms with Crippen LogP contribution >= 0.6 is 27.5 Å². The van der Waals surface area contributed by atoms with Gasteiger partial charge in [-0.25, -0.2) is 0 Å². The maximum Gasteiger partial charge on any atom is 0.175 e. The first-order chi connectivity index (χ1) is 14.2. The first kappa shape index (κ1) is 21.2. The Balaban J connectivity index is 1.68. The van der Waals surface area contributed by atoms with Crippen LogP contribution in [0.1, 0.15) is 23.6 Å². The molecule has 0 aromatic heterocycles. The fourth-order valence-electron chi connectivity index (χ4n) is 2.69. The van der Waals surface area contributed by atoms with Crippen LogP contribution in [0, 0.1) is 0 Å². The predicted molar refractivity (Wildman–Crippen MR) is 122 cm³/mol. The van der Waals surface area contributed by atoms with Crippen molar-refractivity contribution in [1.82, 2.24) is 5.43 Å². The molecule has 0 radical (unpaired) electrons. The number of hydrogen-bond donors (Lipinski definition) is 1. The molecule has 0 aliphatic carbocycles. The van der Waals surface area contributed by atoms with E-state index in [0.29, 0.717) is 31.3 Å². The summed E-state index contributed by atoms with van der Waals surface area (Å²) in [5.74, 6) is 1.35. The molecule has 1 N–H and O–H groups in total. The molecule has 3 aromatic rings. The number of ether oxygens (including phenoxy) is 2. The molecule has 3 rings (SSSR count). The number of hydrogen-bond acceptors (Lipinski definition) is 4. The van der Waals surface area contributed by atoms with Gasteiger partial charge in [0.2, 0.25) is 0 Å². The second-order valence-electron chi connectivity index (χ2n) is 6.22. The van der Waals surface area contributed by atoms with E-state index in [0.717, 1.165) is 26.2 Å². The highest BCUT2D eigenvalue weighted by Gasteiger charge is 2.12. The van der Waals surface area contributed by atoms with Gasteiger partial charge in [0.1, 0.15) is 6.61 Å². The van der Waals surface area contributed by atoms with Crippen LogP contribution in [0.4, 0.5) is 0 Å². The van der Waals surface area contributed by atoms with E-state index in [1.165, 1.54) is 0 Å². The lowest BCUT2D eigenvalue weighted by molar-refractivity contribution is 0.267. The van der Waals surface area contributed by atoms with Crippen LogP contribution in [0.3, 0.4) is 0 Å². The molecule has 0 atom stereocenters. The van der Waals surface area contributed by atoms with Gasteiger partial charge in [0.05, 0.1) is 23.8 Å². The van der Waals surface area contributed by atoms with Gasteiger partial charge in [0, 0.05) is 5.02 Å². The van der Waals surface area contributed by atoms with Gasteiger partial charge in [-0.05, 0) is 57.7 Å². The maximum atomic E-state index is 6.16. The van der Waals surface area contributed by atoms with Crippen molar-refractivity contribution in [2.75, 3.05) is 6.61 Å². The van der Waals surface area contributed by atoms with Crippen molar-refractivity contribution in [1.29, 1.82) is 0 Å². The highest BCUT2D eigenvalue weighted by atomic mass is 79.9. The number of rotatable bonds is 9. The molecule has 3 aromatic carbocycles. The van der Waals surface area contributed by atoms with Crippen molar-refractivity contribution < 1.29 is 9.47 Å². The third-order valence-corrected chi connectivity index (χ3v) is 5.05. The molecule has 29 heavy (non-hydrogen) atoms. The summed E-state index contributed by atoms with van der Waals surface area (Å²) in [7, 11) is 0. The Bertz CT molecular complexity index is 964. The molecular weight excluding hydrogens is 452 g/mol. The lowest BCUT2D eigenvalue weighted by atomic mass is 10.2. The number of nitrogens with zero attached hydrogens (tertiary/aromatic N) is 1. The van der Waals surface area contributed by atoms with Crippen molar-refractivity contribution in [3.8, 4) is 11.5 Å². The van der Waals surface area contributed by atoms with Gasteiger partial charge in [-0.2, -0.15) is 5.10 Å². The van der Waals surface area contributed by atoms with Crippen LogP contribution in [0.15, 0.2) is 76.3 Å². The normalized spacial score (nSPS) is 10.9. The number of benzene rings is 3. The molecule has 150 valence electrons. The topological polar surface area (TPSA) is 42.8 Å². The minimum Gasteiger partial charge on any atom is -0.490 e. The Morgan fingerprint density at radius 1 is 1.03 bits per heavy atom. The third-order valence-electron chi connectivity index (χ3n) is 4.09. The first-order valence-corrected chi connectivity index (χ1v) is 10.5. The Labute approximate surface area is 184 Å². The van der Waals surface area contributed by atoms with E-state index < -0.39 is 0 Å². The Kier molecular flexibility index (Phi) is 7.96. The largest absolute Gasteiger partial charge is 0.490 e. The lowest BCUT2D eigenvalue weighted by Gasteiger charge is -2.14. The Morgan fingerprint density at radius 3 is 2.55 bits per heavy atom. The standard InChI is InChI=1S/C23H22BrClN2O2/c1-2-28-22-13-18(14-26-27-15-19-10-6-7-11-21(19)25)12-20(24)23(22)29-16-17-8-4-3-5-9-17/h3-14,27H,2,15-16H2,1H3/b26-14-. The summed E-state index contributed by atoms with van der Waals surface area (Å²) in [6, 6.07) is 21.6. The summed E-state index contributed by atoms with van der Waals surface area (Å²) >= 11 is 9.75. The van der Waals surface area contributed by atoms with E-state index in [4.69, 9.17) is 21.1 Å².